The van der Waals surface area contributed by atoms with Crippen LogP contribution in [0.3, 0.4) is 0 Å². The van der Waals surface area contributed by atoms with Gasteiger partial charge in [-0.3, -0.25) is 4.79 Å². The Morgan fingerprint density at radius 2 is 1.85 bits per heavy atom. The number of halogens is 4. The van der Waals surface area contributed by atoms with E-state index in [1.54, 1.807) is 13.0 Å². The van der Waals surface area contributed by atoms with Gasteiger partial charge in [0.1, 0.15) is 5.82 Å². The van der Waals surface area contributed by atoms with Crippen molar-refractivity contribution in [2.75, 3.05) is 0 Å². The quantitative estimate of drug-likeness (QED) is 0.825. The molecule has 0 saturated carbocycles. The second-order valence-corrected chi connectivity index (χ2v) is 6.03. The molecule has 4 nitrogen and oxygen atoms in total. The number of aliphatic hydroxyl groups is 1. The second-order valence-electron chi connectivity index (χ2n) is 6.03. The van der Waals surface area contributed by atoms with Crippen molar-refractivity contribution in [1.82, 2.24) is 5.01 Å². The summed E-state index contributed by atoms with van der Waals surface area (Å²) in [4.78, 5) is 12.6. The summed E-state index contributed by atoms with van der Waals surface area (Å²) in [6.07, 6.45) is -6.07. The predicted molar refractivity (Wildman–Crippen MR) is 85.9 cm³/mol. The van der Waals surface area contributed by atoms with Crippen LogP contribution in [0, 0.1) is 12.7 Å². The van der Waals surface area contributed by atoms with Gasteiger partial charge >= 0.3 is 6.18 Å². The minimum Gasteiger partial charge on any atom is -0.362 e. The zero-order valence-electron chi connectivity index (χ0n) is 13.6. The summed E-state index contributed by atoms with van der Waals surface area (Å²) >= 11 is 0. The van der Waals surface area contributed by atoms with Crippen LogP contribution in [0.25, 0.3) is 0 Å². The number of benzene rings is 2. The number of hydrazone groups is 1. The first-order valence-electron chi connectivity index (χ1n) is 7.65. The van der Waals surface area contributed by atoms with Crippen LogP contribution in [-0.4, -0.2) is 33.6 Å². The van der Waals surface area contributed by atoms with Crippen molar-refractivity contribution in [3.63, 3.8) is 0 Å². The number of hydrogen-bond acceptors (Lipinski definition) is 3. The molecule has 0 fully saturated rings. The largest absolute Gasteiger partial charge is 0.438 e. The maximum absolute atomic E-state index is 13.5. The van der Waals surface area contributed by atoms with E-state index in [0.29, 0.717) is 5.56 Å². The van der Waals surface area contributed by atoms with Crippen LogP contribution in [-0.2, 0) is 0 Å². The zero-order chi connectivity index (χ0) is 19.1. The third kappa shape index (κ3) is 3.08. The van der Waals surface area contributed by atoms with Gasteiger partial charge in [0.15, 0.2) is 0 Å². The van der Waals surface area contributed by atoms with E-state index >= 15 is 0 Å². The molecule has 3 rings (SSSR count). The molecule has 0 unspecified atom stereocenters. The van der Waals surface area contributed by atoms with Crippen molar-refractivity contribution in [2.24, 2.45) is 5.10 Å². The topological polar surface area (TPSA) is 52.9 Å². The van der Waals surface area contributed by atoms with E-state index in [9.17, 15) is 27.5 Å². The molecular formula is C18H14F4N2O2. The molecule has 0 bridgehead atoms. The first-order valence-corrected chi connectivity index (χ1v) is 7.65. The normalized spacial score (nSPS) is 20.2. The molecule has 1 N–H and O–H groups in total. The average Bonchev–Trinajstić information content (AvgIpc) is 2.94. The lowest BCUT2D eigenvalue weighted by Gasteiger charge is -2.32. The van der Waals surface area contributed by atoms with Gasteiger partial charge in [-0.05, 0) is 36.8 Å². The summed E-state index contributed by atoms with van der Waals surface area (Å²) in [6.45, 7) is 1.68. The van der Waals surface area contributed by atoms with Crippen molar-refractivity contribution < 1.29 is 27.5 Å². The van der Waals surface area contributed by atoms with E-state index in [1.165, 1.54) is 30.3 Å². The summed E-state index contributed by atoms with van der Waals surface area (Å²) in [5.74, 6) is -1.64. The molecule has 0 spiro atoms. The van der Waals surface area contributed by atoms with Gasteiger partial charge in [0.25, 0.3) is 11.6 Å². The first kappa shape index (κ1) is 18.1. The van der Waals surface area contributed by atoms with Crippen molar-refractivity contribution in [3.05, 3.63) is 71.0 Å². The van der Waals surface area contributed by atoms with E-state index in [2.05, 4.69) is 5.10 Å². The maximum atomic E-state index is 13.5. The Kier molecular flexibility index (Phi) is 4.31. The number of carbonyl (C=O) groups excluding carboxylic acids is 1. The smallest absolute Gasteiger partial charge is 0.362 e. The minimum absolute atomic E-state index is 0.0308. The molecule has 0 saturated heterocycles. The van der Waals surface area contributed by atoms with Gasteiger partial charge in [0.2, 0.25) is 0 Å². The van der Waals surface area contributed by atoms with Gasteiger partial charge < -0.3 is 5.11 Å². The summed E-state index contributed by atoms with van der Waals surface area (Å²) in [6, 6.07) is 10.6. The van der Waals surface area contributed by atoms with Crippen LogP contribution >= 0.6 is 0 Å². The molecule has 2 aromatic carbocycles. The number of carbonyl (C=O) groups is 1. The molecule has 0 radical (unpaired) electrons. The highest BCUT2D eigenvalue weighted by Crippen LogP contribution is 2.42. The van der Waals surface area contributed by atoms with Gasteiger partial charge in [-0.25, -0.2) is 4.39 Å². The fourth-order valence-electron chi connectivity index (χ4n) is 2.68. The first-order chi connectivity index (χ1) is 12.1. The number of nitrogens with zero attached hydrogens (tertiary/aromatic N) is 2. The maximum Gasteiger partial charge on any atom is 0.438 e. The molecule has 1 aliphatic rings. The Balaban J connectivity index is 2.05. The highest BCUT2D eigenvalue weighted by atomic mass is 19.4. The molecule has 0 aliphatic carbocycles. The van der Waals surface area contributed by atoms with Crippen LogP contribution in [0.1, 0.15) is 27.9 Å². The summed E-state index contributed by atoms with van der Waals surface area (Å²) in [7, 11) is 0. The average molecular weight is 366 g/mol. The van der Waals surface area contributed by atoms with E-state index in [4.69, 9.17) is 0 Å². The SMILES string of the molecule is Cc1cccc(C(=O)N2N=C(c3ccc(F)cc3)C[C@@]2(O)C(F)(F)F)c1. The highest BCUT2D eigenvalue weighted by molar-refractivity contribution is 6.05. The molecule has 8 heteroatoms. The van der Waals surface area contributed by atoms with Crippen LogP contribution in [0.15, 0.2) is 53.6 Å². The molecule has 1 amide bonds. The van der Waals surface area contributed by atoms with Crippen LogP contribution in [0.5, 0.6) is 0 Å². The van der Waals surface area contributed by atoms with Gasteiger partial charge in [-0.1, -0.05) is 29.8 Å². The van der Waals surface area contributed by atoms with Crippen LogP contribution in [0.2, 0.25) is 0 Å². The van der Waals surface area contributed by atoms with Gasteiger partial charge in [-0.2, -0.15) is 23.3 Å². The third-order valence-corrected chi connectivity index (χ3v) is 4.07. The highest BCUT2D eigenvalue weighted by Gasteiger charge is 2.63. The van der Waals surface area contributed by atoms with Crippen molar-refractivity contribution in [3.8, 4) is 0 Å². The van der Waals surface area contributed by atoms with Crippen molar-refractivity contribution in [2.45, 2.75) is 25.2 Å². The second kappa shape index (κ2) is 6.21. The Morgan fingerprint density at radius 3 is 2.42 bits per heavy atom. The lowest BCUT2D eigenvalue weighted by molar-refractivity contribution is -0.297. The minimum atomic E-state index is -5.13. The summed E-state index contributed by atoms with van der Waals surface area (Å²) in [5.41, 5.74) is -2.80. The Bertz CT molecular complexity index is 878. The van der Waals surface area contributed by atoms with Crippen molar-refractivity contribution in [1.29, 1.82) is 0 Å². The number of amides is 1. The Labute approximate surface area is 146 Å². The van der Waals surface area contributed by atoms with Gasteiger partial charge in [0.05, 0.1) is 12.1 Å². The number of hydrogen-bond donors (Lipinski definition) is 1. The summed E-state index contributed by atoms with van der Waals surface area (Å²) < 4.78 is 53.6. The van der Waals surface area contributed by atoms with Gasteiger partial charge in [-0.15, -0.1) is 0 Å². The molecule has 1 atom stereocenters. The fourth-order valence-corrected chi connectivity index (χ4v) is 2.68. The molecule has 0 aromatic heterocycles. The number of alkyl halides is 3. The predicted octanol–water partition coefficient (Wildman–Crippen LogP) is 3.64. The fraction of sp³-hybridized carbons (Fsp3) is 0.222. The number of rotatable bonds is 2. The Hall–Kier alpha value is -2.74. The van der Waals surface area contributed by atoms with Crippen LogP contribution < -0.4 is 0 Å². The number of aryl methyl sites for hydroxylation is 1. The van der Waals surface area contributed by atoms with Crippen LogP contribution in [0.4, 0.5) is 17.6 Å². The van der Waals surface area contributed by atoms with Gasteiger partial charge in [0, 0.05) is 5.56 Å². The molecule has 2 aromatic rings. The lowest BCUT2D eigenvalue weighted by Crippen LogP contribution is -2.56. The lowest BCUT2D eigenvalue weighted by atomic mass is 10.0. The molecule has 1 aliphatic heterocycles. The van der Waals surface area contributed by atoms with E-state index < -0.39 is 30.0 Å². The Morgan fingerprint density at radius 1 is 1.19 bits per heavy atom. The molecule has 1 heterocycles. The molecule has 26 heavy (non-hydrogen) atoms. The monoisotopic (exact) mass is 366 g/mol. The molecular weight excluding hydrogens is 352 g/mol. The zero-order valence-corrected chi connectivity index (χ0v) is 13.6. The molecule has 136 valence electrons. The van der Waals surface area contributed by atoms with Crippen molar-refractivity contribution >= 4 is 11.6 Å². The van der Waals surface area contributed by atoms with E-state index in [0.717, 1.165) is 12.1 Å². The summed E-state index contributed by atoms with van der Waals surface area (Å²) in [5, 5.41) is 14.0. The van der Waals surface area contributed by atoms with E-state index in [1.807, 2.05) is 0 Å². The third-order valence-electron chi connectivity index (χ3n) is 4.07. The van der Waals surface area contributed by atoms with E-state index in [-0.39, 0.29) is 21.8 Å². The standard InChI is InChI=1S/C18H14F4N2O2/c1-11-3-2-4-13(9-11)16(25)24-17(26,18(20,21)22)10-15(23-24)12-5-7-14(19)8-6-12/h2-9,26H,10H2,1H3/t17-/m1/s1.